The van der Waals surface area contributed by atoms with Gasteiger partial charge in [-0.1, -0.05) is 0 Å². The normalized spacial score (nSPS) is 10.2. The molecule has 0 radical (unpaired) electrons. The summed E-state index contributed by atoms with van der Waals surface area (Å²) in [6.07, 6.45) is 0. The van der Waals surface area contributed by atoms with Gasteiger partial charge >= 0.3 is 0 Å². The fraction of sp³-hybridized carbons (Fsp3) is 0.0833. The summed E-state index contributed by atoms with van der Waals surface area (Å²) >= 11 is 2.13. The number of nitrogen functional groups attached to an aromatic ring is 2. The van der Waals surface area contributed by atoms with Crippen molar-refractivity contribution in [1.29, 1.82) is 5.26 Å². The number of aryl methyl sites for hydroxylation is 1. The van der Waals surface area contributed by atoms with Crippen LogP contribution in [0.2, 0.25) is 0 Å². The zero-order valence-electron chi connectivity index (χ0n) is 9.98. The number of aromatic nitrogens is 2. The third kappa shape index (κ3) is 2.39. The molecular formula is C12H10IN5O. The molecular weight excluding hydrogens is 357 g/mol. The third-order valence-electron chi connectivity index (χ3n) is 2.60. The van der Waals surface area contributed by atoms with Crippen molar-refractivity contribution in [1.82, 2.24) is 9.97 Å². The Bertz CT molecular complexity index is 708. The number of hydrogen-bond acceptors (Lipinski definition) is 6. The lowest BCUT2D eigenvalue weighted by Gasteiger charge is -2.10. The van der Waals surface area contributed by atoms with Gasteiger partial charge in [-0.25, -0.2) is 4.98 Å². The highest BCUT2D eigenvalue weighted by molar-refractivity contribution is 14.1. The molecule has 0 atom stereocenters. The second-order valence-electron chi connectivity index (χ2n) is 3.92. The lowest BCUT2D eigenvalue weighted by Crippen LogP contribution is -2.05. The summed E-state index contributed by atoms with van der Waals surface area (Å²) in [4.78, 5) is 7.75. The Morgan fingerprint density at radius 1 is 1.32 bits per heavy atom. The summed E-state index contributed by atoms with van der Waals surface area (Å²) in [5, 5.41) is 19.1. The minimum absolute atomic E-state index is 0.0000156. The van der Waals surface area contributed by atoms with E-state index in [2.05, 4.69) is 32.6 Å². The molecule has 1 aromatic carbocycles. The summed E-state index contributed by atoms with van der Waals surface area (Å²) in [6.45, 7) is 1.87. The van der Waals surface area contributed by atoms with Crippen molar-refractivity contribution in [3.05, 3.63) is 26.8 Å². The summed E-state index contributed by atoms with van der Waals surface area (Å²) in [5.41, 5.74) is 12.9. The zero-order chi connectivity index (χ0) is 14.2. The van der Waals surface area contributed by atoms with Gasteiger partial charge in [0.25, 0.3) is 0 Å². The van der Waals surface area contributed by atoms with E-state index in [-0.39, 0.29) is 28.8 Å². The SMILES string of the molecule is Cc1cc(O)c(-c2nc(N)nc(N)c2C#N)cc1I. The summed E-state index contributed by atoms with van der Waals surface area (Å²) in [7, 11) is 0. The summed E-state index contributed by atoms with van der Waals surface area (Å²) < 4.78 is 0.935. The molecule has 0 unspecified atom stereocenters. The van der Waals surface area contributed by atoms with E-state index in [1.807, 2.05) is 13.0 Å². The average Bonchev–Trinajstić information content (AvgIpc) is 2.33. The Hall–Kier alpha value is -2.08. The lowest BCUT2D eigenvalue weighted by atomic mass is 10.0. The van der Waals surface area contributed by atoms with Crippen molar-refractivity contribution in [3.8, 4) is 23.1 Å². The van der Waals surface area contributed by atoms with E-state index in [9.17, 15) is 5.11 Å². The maximum absolute atomic E-state index is 10.0. The first kappa shape index (κ1) is 13.4. The first-order valence-electron chi connectivity index (χ1n) is 5.26. The molecule has 2 aromatic rings. The van der Waals surface area contributed by atoms with Crippen LogP contribution in [0.4, 0.5) is 11.8 Å². The highest BCUT2D eigenvalue weighted by Crippen LogP contribution is 2.34. The van der Waals surface area contributed by atoms with Gasteiger partial charge < -0.3 is 16.6 Å². The van der Waals surface area contributed by atoms with E-state index in [1.54, 1.807) is 12.1 Å². The fourth-order valence-electron chi connectivity index (χ4n) is 1.66. The van der Waals surface area contributed by atoms with Crippen LogP contribution in [0.5, 0.6) is 5.75 Å². The van der Waals surface area contributed by atoms with Gasteiger partial charge in [0.1, 0.15) is 23.2 Å². The predicted molar refractivity (Wildman–Crippen MR) is 80.1 cm³/mol. The van der Waals surface area contributed by atoms with E-state index in [0.717, 1.165) is 9.13 Å². The fourth-order valence-corrected chi connectivity index (χ4v) is 2.12. The highest BCUT2D eigenvalue weighted by Gasteiger charge is 2.17. The van der Waals surface area contributed by atoms with Crippen molar-refractivity contribution in [2.75, 3.05) is 11.5 Å². The van der Waals surface area contributed by atoms with Crippen LogP contribution in [0.25, 0.3) is 11.3 Å². The highest BCUT2D eigenvalue weighted by atomic mass is 127. The molecule has 1 heterocycles. The van der Waals surface area contributed by atoms with E-state index in [0.29, 0.717) is 5.56 Å². The van der Waals surface area contributed by atoms with Crippen LogP contribution in [-0.4, -0.2) is 15.1 Å². The first-order chi connectivity index (χ1) is 8.93. The van der Waals surface area contributed by atoms with Crippen LogP contribution >= 0.6 is 22.6 Å². The molecule has 0 saturated carbocycles. The lowest BCUT2D eigenvalue weighted by molar-refractivity contribution is 0.476. The maximum Gasteiger partial charge on any atom is 0.222 e. The molecule has 0 bridgehead atoms. The smallest absolute Gasteiger partial charge is 0.222 e. The Morgan fingerprint density at radius 2 is 2.00 bits per heavy atom. The van der Waals surface area contributed by atoms with Gasteiger partial charge in [0.15, 0.2) is 0 Å². The number of hydrogen-bond donors (Lipinski definition) is 3. The van der Waals surface area contributed by atoms with Crippen molar-refractivity contribution in [2.24, 2.45) is 0 Å². The molecule has 5 N–H and O–H groups in total. The van der Waals surface area contributed by atoms with Crippen molar-refractivity contribution < 1.29 is 5.11 Å². The zero-order valence-corrected chi connectivity index (χ0v) is 12.1. The van der Waals surface area contributed by atoms with E-state index >= 15 is 0 Å². The molecule has 1 aromatic heterocycles. The van der Waals surface area contributed by atoms with Crippen molar-refractivity contribution >= 4 is 34.4 Å². The predicted octanol–water partition coefficient (Wildman–Crippen LogP) is 1.80. The molecule has 6 nitrogen and oxygen atoms in total. The van der Waals surface area contributed by atoms with Crippen LogP contribution in [0.1, 0.15) is 11.1 Å². The number of phenolic OH excluding ortho intramolecular Hbond substituents is 1. The van der Waals surface area contributed by atoms with Gasteiger partial charge in [-0.15, -0.1) is 0 Å². The molecule has 0 aliphatic heterocycles. The van der Waals surface area contributed by atoms with E-state index in [1.165, 1.54) is 0 Å². The molecule has 0 spiro atoms. The minimum Gasteiger partial charge on any atom is -0.507 e. The molecule has 0 aliphatic rings. The van der Waals surface area contributed by atoms with Gasteiger partial charge in [-0.2, -0.15) is 10.2 Å². The number of anilines is 2. The number of nitriles is 1. The molecule has 2 rings (SSSR count). The number of aromatic hydroxyl groups is 1. The molecule has 7 heteroatoms. The van der Waals surface area contributed by atoms with Gasteiger partial charge in [-0.3, -0.25) is 0 Å². The standard InChI is InChI=1S/C12H10IN5O/c1-5-2-9(19)6(3-8(5)13)10-7(4-14)11(15)18-12(16)17-10/h2-3,19H,1H3,(H4,15,16,17,18). The Morgan fingerprint density at radius 3 is 2.63 bits per heavy atom. The van der Waals surface area contributed by atoms with Gasteiger partial charge in [0.2, 0.25) is 5.95 Å². The molecule has 19 heavy (non-hydrogen) atoms. The summed E-state index contributed by atoms with van der Waals surface area (Å²) in [6, 6.07) is 5.27. The molecule has 0 aliphatic carbocycles. The van der Waals surface area contributed by atoms with Crippen molar-refractivity contribution in [2.45, 2.75) is 6.92 Å². The van der Waals surface area contributed by atoms with Gasteiger partial charge in [-0.05, 0) is 47.2 Å². The van der Waals surface area contributed by atoms with Crippen LogP contribution in [-0.2, 0) is 0 Å². The van der Waals surface area contributed by atoms with E-state index < -0.39 is 0 Å². The average molecular weight is 367 g/mol. The van der Waals surface area contributed by atoms with Crippen LogP contribution < -0.4 is 11.5 Å². The topological polar surface area (TPSA) is 122 Å². The third-order valence-corrected chi connectivity index (χ3v) is 3.76. The Balaban J connectivity index is 2.79. The quantitative estimate of drug-likeness (QED) is 0.661. The first-order valence-corrected chi connectivity index (χ1v) is 6.34. The number of halogens is 1. The maximum atomic E-state index is 10.0. The number of phenols is 1. The minimum atomic E-state index is -0.0403. The number of nitrogens with zero attached hydrogens (tertiary/aromatic N) is 3. The molecule has 0 saturated heterocycles. The molecule has 0 amide bonds. The van der Waals surface area contributed by atoms with Crippen LogP contribution in [0.15, 0.2) is 12.1 Å². The largest absolute Gasteiger partial charge is 0.507 e. The monoisotopic (exact) mass is 367 g/mol. The molecule has 96 valence electrons. The van der Waals surface area contributed by atoms with E-state index in [4.69, 9.17) is 16.7 Å². The second kappa shape index (κ2) is 4.89. The van der Waals surface area contributed by atoms with Gasteiger partial charge in [0.05, 0.1) is 5.69 Å². The Labute approximate surface area is 123 Å². The van der Waals surface area contributed by atoms with Crippen LogP contribution in [0, 0.1) is 21.8 Å². The number of benzene rings is 1. The van der Waals surface area contributed by atoms with Crippen molar-refractivity contribution in [3.63, 3.8) is 0 Å². The second-order valence-corrected chi connectivity index (χ2v) is 5.08. The molecule has 0 fully saturated rings. The summed E-state index contributed by atoms with van der Waals surface area (Å²) in [5.74, 6) is -0.0200. The van der Waals surface area contributed by atoms with Gasteiger partial charge in [0, 0.05) is 9.13 Å². The number of nitrogens with two attached hydrogens (primary N) is 2. The number of rotatable bonds is 1. The van der Waals surface area contributed by atoms with Crippen LogP contribution in [0.3, 0.4) is 0 Å². The Kier molecular flexibility index (Phi) is 3.44.